The van der Waals surface area contributed by atoms with Crippen LogP contribution in [0.1, 0.15) is 23.6 Å². The van der Waals surface area contributed by atoms with Gasteiger partial charge in [0, 0.05) is 5.69 Å². The Hall–Kier alpha value is -4.44. The normalized spacial score (nSPS) is 10.7. The third-order valence-electron chi connectivity index (χ3n) is 5.04. The minimum atomic E-state index is -1.10. The molecule has 0 aromatic heterocycles. The molecule has 0 radical (unpaired) electrons. The van der Waals surface area contributed by atoms with Crippen LogP contribution in [0.2, 0.25) is 5.02 Å². The van der Waals surface area contributed by atoms with Crippen molar-refractivity contribution in [3.8, 4) is 11.5 Å². The molecule has 0 aliphatic rings. The fourth-order valence-electron chi connectivity index (χ4n) is 3.30. The second-order valence-corrected chi connectivity index (χ2v) is 8.46. The number of hydrogen-bond donors (Lipinski definition) is 3. The van der Waals surface area contributed by atoms with Gasteiger partial charge in [0.1, 0.15) is 5.82 Å². The van der Waals surface area contributed by atoms with Gasteiger partial charge >= 0.3 is 11.8 Å². The summed E-state index contributed by atoms with van der Waals surface area (Å²) >= 11 is 6.37. The van der Waals surface area contributed by atoms with Crippen LogP contribution in [0.3, 0.4) is 0 Å². The Labute approximate surface area is 224 Å². The molecule has 0 spiro atoms. The van der Waals surface area contributed by atoms with Crippen molar-refractivity contribution in [2.24, 2.45) is 5.10 Å². The van der Waals surface area contributed by atoms with Crippen LogP contribution in [-0.4, -0.2) is 37.1 Å². The first-order chi connectivity index (χ1) is 18.2. The van der Waals surface area contributed by atoms with Crippen LogP contribution < -0.4 is 25.5 Å². The van der Waals surface area contributed by atoms with Crippen LogP contribution >= 0.6 is 11.6 Å². The quantitative estimate of drug-likeness (QED) is 0.208. The van der Waals surface area contributed by atoms with Crippen molar-refractivity contribution < 1.29 is 28.2 Å². The molecule has 3 N–H and O–H groups in total. The summed E-state index contributed by atoms with van der Waals surface area (Å²) in [5.41, 5.74) is 5.02. The first-order valence-electron chi connectivity index (χ1n) is 11.5. The first kappa shape index (κ1) is 28.1. The van der Waals surface area contributed by atoms with E-state index in [0.29, 0.717) is 11.3 Å². The van der Waals surface area contributed by atoms with Crippen LogP contribution in [0.5, 0.6) is 11.5 Å². The van der Waals surface area contributed by atoms with Gasteiger partial charge < -0.3 is 20.1 Å². The van der Waals surface area contributed by atoms with Gasteiger partial charge in [0.25, 0.3) is 5.91 Å². The standard InChI is InChI=1S/C27H26ClFN4O5/c1-4-37-23-13-18(14-30-33-27(36)26(35)32-22-8-6-5-7-20(22)29)12-19(28)25(23)38-15-24(34)31-21-10-9-16(2)11-17(21)3/h5-14H,4,15H2,1-3H3,(H,31,34)(H,32,35)(H,33,36)/b30-14-. The van der Waals surface area contributed by atoms with Crippen LogP contribution in [-0.2, 0) is 14.4 Å². The summed E-state index contributed by atoms with van der Waals surface area (Å²) < 4.78 is 24.9. The van der Waals surface area contributed by atoms with Crippen LogP contribution in [0, 0.1) is 19.7 Å². The lowest BCUT2D eigenvalue weighted by Crippen LogP contribution is -2.32. The summed E-state index contributed by atoms with van der Waals surface area (Å²) in [5.74, 6) is -2.84. The zero-order valence-electron chi connectivity index (χ0n) is 20.9. The van der Waals surface area contributed by atoms with E-state index >= 15 is 0 Å². The molecule has 0 fully saturated rings. The predicted octanol–water partition coefficient (Wildman–Crippen LogP) is 4.60. The molecule has 38 heavy (non-hydrogen) atoms. The first-order valence-corrected chi connectivity index (χ1v) is 11.9. The monoisotopic (exact) mass is 540 g/mol. The Morgan fingerprint density at radius 3 is 2.45 bits per heavy atom. The van der Waals surface area contributed by atoms with Crippen molar-refractivity contribution in [1.29, 1.82) is 0 Å². The molecule has 3 amide bonds. The van der Waals surface area contributed by atoms with E-state index in [1.165, 1.54) is 30.5 Å². The molecule has 0 saturated heterocycles. The average molecular weight is 541 g/mol. The Morgan fingerprint density at radius 2 is 1.74 bits per heavy atom. The Kier molecular flexibility index (Phi) is 9.78. The summed E-state index contributed by atoms with van der Waals surface area (Å²) in [7, 11) is 0. The summed E-state index contributed by atoms with van der Waals surface area (Å²) in [6.07, 6.45) is 1.24. The number of hydrogen-bond acceptors (Lipinski definition) is 6. The number of carbonyl (C=O) groups excluding carboxylic acids is 3. The Balaban J connectivity index is 1.63. The number of anilines is 2. The number of amides is 3. The largest absolute Gasteiger partial charge is 0.490 e. The third-order valence-corrected chi connectivity index (χ3v) is 5.32. The number of halogens is 2. The summed E-state index contributed by atoms with van der Waals surface area (Å²) in [4.78, 5) is 36.4. The van der Waals surface area contributed by atoms with Gasteiger partial charge in [-0.3, -0.25) is 14.4 Å². The number of aryl methyl sites for hydroxylation is 2. The third kappa shape index (κ3) is 7.78. The highest BCUT2D eigenvalue weighted by Gasteiger charge is 2.16. The fraction of sp³-hybridized carbons (Fsp3) is 0.185. The number of ether oxygens (including phenoxy) is 2. The fourth-order valence-corrected chi connectivity index (χ4v) is 3.57. The highest BCUT2D eigenvalue weighted by atomic mass is 35.5. The van der Waals surface area contributed by atoms with Crippen LogP contribution in [0.15, 0.2) is 59.7 Å². The summed E-state index contributed by atoms with van der Waals surface area (Å²) in [6.45, 7) is 5.60. The Morgan fingerprint density at radius 1 is 0.974 bits per heavy atom. The minimum absolute atomic E-state index is 0.136. The predicted molar refractivity (Wildman–Crippen MR) is 143 cm³/mol. The molecule has 198 valence electrons. The van der Waals surface area contributed by atoms with Crippen molar-refractivity contribution in [1.82, 2.24) is 5.43 Å². The molecule has 3 aromatic rings. The van der Waals surface area contributed by atoms with Crippen molar-refractivity contribution >= 4 is 46.9 Å². The summed E-state index contributed by atoms with van der Waals surface area (Å²) in [6, 6.07) is 14.1. The van der Waals surface area contributed by atoms with E-state index in [4.69, 9.17) is 21.1 Å². The number of nitrogens with one attached hydrogen (secondary N) is 3. The van der Waals surface area contributed by atoms with E-state index in [1.807, 2.05) is 32.0 Å². The van der Waals surface area contributed by atoms with E-state index in [2.05, 4.69) is 21.2 Å². The van der Waals surface area contributed by atoms with Crippen molar-refractivity contribution in [2.75, 3.05) is 23.8 Å². The molecule has 0 heterocycles. The van der Waals surface area contributed by atoms with Crippen molar-refractivity contribution in [2.45, 2.75) is 20.8 Å². The van der Waals surface area contributed by atoms with Gasteiger partial charge in [0.2, 0.25) is 0 Å². The molecule has 0 atom stereocenters. The minimum Gasteiger partial charge on any atom is -0.490 e. The van der Waals surface area contributed by atoms with Gasteiger partial charge in [-0.2, -0.15) is 5.10 Å². The highest BCUT2D eigenvalue weighted by molar-refractivity contribution is 6.39. The lowest BCUT2D eigenvalue weighted by Gasteiger charge is -2.15. The van der Waals surface area contributed by atoms with Gasteiger partial charge in [0.05, 0.1) is 23.5 Å². The van der Waals surface area contributed by atoms with Gasteiger partial charge in [-0.15, -0.1) is 0 Å². The second kappa shape index (κ2) is 13.2. The molecule has 0 bridgehead atoms. The zero-order valence-corrected chi connectivity index (χ0v) is 21.7. The SMILES string of the molecule is CCOc1cc(/C=N\NC(=O)C(=O)Nc2ccccc2F)cc(Cl)c1OCC(=O)Nc1ccc(C)cc1C. The number of para-hydroxylation sites is 1. The molecule has 3 aromatic carbocycles. The summed E-state index contributed by atoms with van der Waals surface area (Å²) in [5, 5.41) is 8.82. The lowest BCUT2D eigenvalue weighted by molar-refractivity contribution is -0.136. The number of carbonyl (C=O) groups is 3. The molecule has 0 saturated carbocycles. The Bertz CT molecular complexity index is 1380. The van der Waals surface area contributed by atoms with E-state index in [1.54, 1.807) is 13.0 Å². The number of benzene rings is 3. The van der Waals surface area contributed by atoms with E-state index in [9.17, 15) is 18.8 Å². The van der Waals surface area contributed by atoms with Gasteiger partial charge in [0.15, 0.2) is 18.1 Å². The zero-order chi connectivity index (χ0) is 27.7. The second-order valence-electron chi connectivity index (χ2n) is 8.05. The molecule has 9 nitrogen and oxygen atoms in total. The molecule has 0 aliphatic carbocycles. The molecule has 0 unspecified atom stereocenters. The number of rotatable bonds is 9. The van der Waals surface area contributed by atoms with Gasteiger partial charge in [-0.25, -0.2) is 9.82 Å². The maximum atomic E-state index is 13.7. The van der Waals surface area contributed by atoms with Crippen LogP contribution in [0.25, 0.3) is 0 Å². The lowest BCUT2D eigenvalue weighted by atomic mass is 10.1. The topological polar surface area (TPSA) is 118 Å². The van der Waals surface area contributed by atoms with Crippen molar-refractivity contribution in [3.63, 3.8) is 0 Å². The number of hydrazone groups is 1. The maximum Gasteiger partial charge on any atom is 0.329 e. The highest BCUT2D eigenvalue weighted by Crippen LogP contribution is 2.36. The molecular formula is C27H26ClFN4O5. The van der Waals surface area contributed by atoms with Crippen LogP contribution in [0.4, 0.5) is 15.8 Å². The van der Waals surface area contributed by atoms with Crippen molar-refractivity contribution in [3.05, 3.63) is 82.1 Å². The number of nitrogens with zero attached hydrogens (tertiary/aromatic N) is 1. The molecular weight excluding hydrogens is 515 g/mol. The van der Waals surface area contributed by atoms with Gasteiger partial charge in [-0.1, -0.05) is 41.4 Å². The van der Waals surface area contributed by atoms with E-state index in [-0.39, 0.29) is 41.3 Å². The van der Waals surface area contributed by atoms with Gasteiger partial charge in [-0.05, 0) is 62.2 Å². The molecule has 0 aliphatic heterocycles. The smallest absolute Gasteiger partial charge is 0.329 e. The molecule has 3 rings (SSSR count). The average Bonchev–Trinajstić information content (AvgIpc) is 2.86. The van der Waals surface area contributed by atoms with E-state index in [0.717, 1.165) is 17.2 Å². The molecule has 11 heteroatoms. The maximum absolute atomic E-state index is 13.7. The van der Waals surface area contributed by atoms with E-state index < -0.39 is 17.6 Å².